The monoisotopic (exact) mass is 365 g/mol. The average molecular weight is 367 g/mol. The Morgan fingerprint density at radius 2 is 1.65 bits per heavy atom. The summed E-state index contributed by atoms with van der Waals surface area (Å²) in [5.41, 5.74) is 3.11. The quantitative estimate of drug-likeness (QED) is 0.539. The van der Waals surface area contributed by atoms with Gasteiger partial charge in [0.1, 0.15) is 0 Å². The Kier molecular flexibility index (Phi) is 3.88. The SMILES string of the molecule is Clc1cc(Cl)cc(/C=C/c2cc3ccc(Br)cc3[nH]2)c1. The van der Waals surface area contributed by atoms with Crippen LogP contribution in [0.3, 0.4) is 0 Å². The molecule has 2 aromatic carbocycles. The number of fused-ring (bicyclic) bond motifs is 1. The summed E-state index contributed by atoms with van der Waals surface area (Å²) in [6, 6.07) is 13.7. The van der Waals surface area contributed by atoms with Crippen molar-refractivity contribution in [3.8, 4) is 0 Å². The van der Waals surface area contributed by atoms with E-state index >= 15 is 0 Å². The van der Waals surface area contributed by atoms with Crippen LogP contribution in [0.2, 0.25) is 10.0 Å². The molecule has 3 rings (SSSR count). The highest BCUT2D eigenvalue weighted by Crippen LogP contribution is 2.23. The fourth-order valence-corrected chi connectivity index (χ4v) is 2.97. The topological polar surface area (TPSA) is 15.8 Å². The summed E-state index contributed by atoms with van der Waals surface area (Å²) >= 11 is 15.4. The van der Waals surface area contributed by atoms with Crippen molar-refractivity contribution in [1.82, 2.24) is 4.98 Å². The first-order valence-electron chi connectivity index (χ1n) is 6.03. The summed E-state index contributed by atoms with van der Waals surface area (Å²) in [5.74, 6) is 0. The van der Waals surface area contributed by atoms with Crippen molar-refractivity contribution in [1.29, 1.82) is 0 Å². The molecule has 20 heavy (non-hydrogen) atoms. The van der Waals surface area contributed by atoms with Gasteiger partial charge in [0, 0.05) is 31.1 Å². The van der Waals surface area contributed by atoms with Crippen LogP contribution in [0, 0.1) is 0 Å². The maximum atomic E-state index is 5.98. The molecule has 0 aliphatic carbocycles. The zero-order chi connectivity index (χ0) is 14.1. The van der Waals surface area contributed by atoms with Crippen LogP contribution in [-0.4, -0.2) is 4.98 Å². The lowest BCUT2D eigenvalue weighted by atomic mass is 10.2. The first-order chi connectivity index (χ1) is 9.60. The van der Waals surface area contributed by atoms with E-state index in [-0.39, 0.29) is 0 Å². The molecule has 0 unspecified atom stereocenters. The van der Waals surface area contributed by atoms with Gasteiger partial charge in [0.2, 0.25) is 0 Å². The molecular weight excluding hydrogens is 357 g/mol. The van der Waals surface area contributed by atoms with Crippen LogP contribution in [0.4, 0.5) is 0 Å². The zero-order valence-electron chi connectivity index (χ0n) is 10.3. The van der Waals surface area contributed by atoms with Gasteiger partial charge in [0.05, 0.1) is 0 Å². The van der Waals surface area contributed by atoms with E-state index in [1.54, 1.807) is 6.07 Å². The molecule has 4 heteroatoms. The number of rotatable bonds is 2. The van der Waals surface area contributed by atoms with E-state index in [0.29, 0.717) is 10.0 Å². The second-order valence-corrected chi connectivity index (χ2v) is 6.28. The molecular formula is C16H10BrCl2N. The standard InChI is InChI=1S/C16H10BrCl2N/c17-12-3-2-11-7-15(20-16(11)8-12)4-1-10-5-13(18)9-14(19)6-10/h1-9,20H/b4-1+. The first kappa shape index (κ1) is 13.7. The minimum absolute atomic E-state index is 0.637. The normalized spacial score (nSPS) is 11.6. The molecule has 1 heterocycles. The van der Waals surface area contributed by atoms with E-state index in [9.17, 15) is 0 Å². The molecule has 0 aliphatic rings. The second-order valence-electron chi connectivity index (χ2n) is 4.49. The molecule has 0 amide bonds. The van der Waals surface area contributed by atoms with Crippen LogP contribution in [0.5, 0.6) is 0 Å². The van der Waals surface area contributed by atoms with Crippen molar-refractivity contribution in [3.63, 3.8) is 0 Å². The summed E-state index contributed by atoms with van der Waals surface area (Å²) in [6.45, 7) is 0. The fourth-order valence-electron chi connectivity index (χ4n) is 2.07. The molecule has 0 spiro atoms. The predicted octanol–water partition coefficient (Wildman–Crippen LogP) is 6.41. The Morgan fingerprint density at radius 3 is 2.40 bits per heavy atom. The first-order valence-corrected chi connectivity index (χ1v) is 7.57. The lowest BCUT2D eigenvalue weighted by Crippen LogP contribution is -1.74. The number of aromatic nitrogens is 1. The molecule has 3 aromatic rings. The molecule has 0 saturated heterocycles. The Labute approximate surface area is 135 Å². The summed E-state index contributed by atoms with van der Waals surface area (Å²) in [4.78, 5) is 3.35. The molecule has 0 bridgehead atoms. The Balaban J connectivity index is 1.93. The predicted molar refractivity (Wildman–Crippen MR) is 91.4 cm³/mol. The van der Waals surface area contributed by atoms with Crippen LogP contribution in [0.25, 0.3) is 23.1 Å². The number of nitrogens with one attached hydrogen (secondary N) is 1. The summed E-state index contributed by atoms with van der Waals surface area (Å²) in [5, 5.41) is 2.45. The number of hydrogen-bond acceptors (Lipinski definition) is 0. The van der Waals surface area contributed by atoms with Gasteiger partial charge in [-0.1, -0.05) is 51.3 Å². The van der Waals surface area contributed by atoms with Gasteiger partial charge in [0.25, 0.3) is 0 Å². The highest BCUT2D eigenvalue weighted by atomic mass is 79.9. The molecule has 1 aromatic heterocycles. The van der Waals surface area contributed by atoms with Gasteiger partial charge in [-0.2, -0.15) is 0 Å². The van der Waals surface area contributed by atoms with Gasteiger partial charge in [-0.25, -0.2) is 0 Å². The van der Waals surface area contributed by atoms with Gasteiger partial charge in [-0.15, -0.1) is 0 Å². The van der Waals surface area contributed by atoms with Crippen LogP contribution < -0.4 is 0 Å². The van der Waals surface area contributed by atoms with Gasteiger partial charge in [-0.3, -0.25) is 0 Å². The Morgan fingerprint density at radius 1 is 0.900 bits per heavy atom. The maximum Gasteiger partial charge on any atom is 0.0469 e. The zero-order valence-corrected chi connectivity index (χ0v) is 13.4. The van der Waals surface area contributed by atoms with Gasteiger partial charge in [-0.05, 0) is 48.0 Å². The van der Waals surface area contributed by atoms with E-state index in [1.165, 1.54) is 5.39 Å². The third-order valence-corrected chi connectivity index (χ3v) is 3.88. The lowest BCUT2D eigenvalue weighted by Gasteiger charge is -1.96. The molecule has 0 atom stereocenters. The Bertz CT molecular complexity index is 785. The van der Waals surface area contributed by atoms with Crippen molar-refractivity contribution in [2.45, 2.75) is 0 Å². The van der Waals surface area contributed by atoms with E-state index < -0.39 is 0 Å². The van der Waals surface area contributed by atoms with Crippen LogP contribution in [0.1, 0.15) is 11.3 Å². The van der Waals surface area contributed by atoms with Crippen molar-refractivity contribution in [2.24, 2.45) is 0 Å². The third kappa shape index (κ3) is 3.09. The molecule has 1 N–H and O–H groups in total. The van der Waals surface area contributed by atoms with E-state index in [4.69, 9.17) is 23.2 Å². The summed E-state index contributed by atoms with van der Waals surface area (Å²) in [7, 11) is 0. The van der Waals surface area contributed by atoms with E-state index in [0.717, 1.165) is 21.2 Å². The van der Waals surface area contributed by atoms with Crippen molar-refractivity contribution >= 4 is 62.2 Å². The van der Waals surface area contributed by atoms with Crippen molar-refractivity contribution in [2.75, 3.05) is 0 Å². The van der Waals surface area contributed by atoms with E-state index in [2.05, 4.69) is 39.1 Å². The highest BCUT2D eigenvalue weighted by molar-refractivity contribution is 9.10. The van der Waals surface area contributed by atoms with E-state index in [1.807, 2.05) is 30.4 Å². The number of aromatic amines is 1. The van der Waals surface area contributed by atoms with Crippen LogP contribution >= 0.6 is 39.1 Å². The Hall–Kier alpha value is -1.22. The maximum absolute atomic E-state index is 5.98. The van der Waals surface area contributed by atoms with Gasteiger partial charge in [0.15, 0.2) is 0 Å². The van der Waals surface area contributed by atoms with Gasteiger partial charge < -0.3 is 4.98 Å². The molecule has 100 valence electrons. The number of hydrogen-bond donors (Lipinski definition) is 1. The molecule has 0 saturated carbocycles. The van der Waals surface area contributed by atoms with Gasteiger partial charge >= 0.3 is 0 Å². The third-order valence-electron chi connectivity index (χ3n) is 2.95. The summed E-state index contributed by atoms with van der Waals surface area (Å²) in [6.07, 6.45) is 3.99. The van der Waals surface area contributed by atoms with Crippen molar-refractivity contribution < 1.29 is 0 Å². The highest BCUT2D eigenvalue weighted by Gasteiger charge is 1.99. The van der Waals surface area contributed by atoms with Crippen LogP contribution in [-0.2, 0) is 0 Å². The lowest BCUT2D eigenvalue weighted by molar-refractivity contribution is 1.43. The van der Waals surface area contributed by atoms with Crippen LogP contribution in [0.15, 0.2) is 46.9 Å². The molecule has 1 nitrogen and oxygen atoms in total. The minimum atomic E-state index is 0.637. The molecule has 0 fully saturated rings. The van der Waals surface area contributed by atoms with Crippen molar-refractivity contribution in [3.05, 3.63) is 68.2 Å². The molecule has 0 radical (unpaired) electrons. The molecule has 0 aliphatic heterocycles. The summed E-state index contributed by atoms with van der Waals surface area (Å²) < 4.78 is 1.06. The smallest absolute Gasteiger partial charge is 0.0469 e. The largest absolute Gasteiger partial charge is 0.355 e. The average Bonchev–Trinajstić information content (AvgIpc) is 2.77. The number of H-pyrrole nitrogens is 1. The number of benzene rings is 2. The second kappa shape index (κ2) is 5.65. The fraction of sp³-hybridized carbons (Fsp3) is 0. The minimum Gasteiger partial charge on any atom is -0.355 e. The number of halogens is 3.